The maximum atomic E-state index is 9.20. The minimum absolute atomic E-state index is 1.02. The van der Waals surface area contributed by atoms with Crippen LogP contribution in [0.5, 0.6) is 0 Å². The molecule has 0 aromatic heterocycles. The molecule has 0 spiro atoms. The molecule has 0 radical (unpaired) electrons. The summed E-state index contributed by atoms with van der Waals surface area (Å²) in [6, 6.07) is 0. The van der Waals surface area contributed by atoms with Crippen molar-refractivity contribution in [1.29, 1.82) is 0 Å². The first-order valence-corrected chi connectivity index (χ1v) is 18.3. The molecule has 6 heteroatoms. The van der Waals surface area contributed by atoms with Gasteiger partial charge in [-0.1, -0.05) is 0 Å². The third kappa shape index (κ3) is 5.26. The first-order valence-electron chi connectivity index (χ1n) is 5.33. The quantitative estimate of drug-likeness (QED) is 0.341. The third-order valence-electron chi connectivity index (χ3n) is 1.94. The molecule has 0 heterocycles. The Balaban J connectivity index is 5.11. The van der Waals surface area contributed by atoms with Crippen molar-refractivity contribution < 1.29 is 8.24 Å². The van der Waals surface area contributed by atoms with E-state index in [-0.39, 0.29) is 0 Å². The molecule has 0 rings (SSSR count). The molecule has 0 N–H and O–H groups in total. The number of nitrogens with zero attached hydrogens (tertiary/aromatic N) is 2. The summed E-state index contributed by atoms with van der Waals surface area (Å²) < 4.78 is 7.29. The minimum atomic E-state index is -2.52. The van der Waals surface area contributed by atoms with E-state index in [9.17, 15) is 5.53 Å². The molecular weight excluding hydrogens is 281 g/mol. The molecule has 3 nitrogen and oxygen atoms in total. The van der Waals surface area contributed by atoms with Crippen molar-refractivity contribution in [1.82, 2.24) is 0 Å². The van der Waals surface area contributed by atoms with Gasteiger partial charge in [-0.15, -0.1) is 0 Å². The second-order valence-corrected chi connectivity index (χ2v) is 25.5. The van der Waals surface area contributed by atoms with Gasteiger partial charge in [0.25, 0.3) is 0 Å². The van der Waals surface area contributed by atoms with Crippen LogP contribution in [0.4, 0.5) is 0 Å². The van der Waals surface area contributed by atoms with Crippen molar-refractivity contribution in [3.63, 3.8) is 0 Å². The van der Waals surface area contributed by atoms with Gasteiger partial charge in [0.05, 0.1) is 0 Å². The third-order valence-corrected chi connectivity index (χ3v) is 22.1. The summed E-state index contributed by atoms with van der Waals surface area (Å²) in [6.07, 6.45) is 0. The van der Waals surface area contributed by atoms with E-state index in [4.69, 9.17) is 3.45 Å². The summed E-state index contributed by atoms with van der Waals surface area (Å²) >= 11 is -2.52. The molecule has 88 valence electrons. The van der Waals surface area contributed by atoms with Crippen LogP contribution < -0.4 is 0 Å². The van der Waals surface area contributed by atoms with Crippen molar-refractivity contribution in [2.24, 2.45) is 0 Å². The Bertz CT molecular complexity index is 285. The van der Waals surface area contributed by atoms with Gasteiger partial charge in [0.1, 0.15) is 0 Å². The van der Waals surface area contributed by atoms with E-state index in [1.54, 1.807) is 0 Å². The van der Waals surface area contributed by atoms with Crippen LogP contribution in [0.2, 0.25) is 50.8 Å². The predicted molar refractivity (Wildman–Crippen MR) is 73.9 cm³/mol. The summed E-state index contributed by atoms with van der Waals surface area (Å²) in [5.74, 6) is 4.37. The molecular formula is C9H24GeN2OSi2. The number of hydrogen-bond acceptors (Lipinski definition) is 1. The zero-order chi connectivity index (χ0) is 12.5. The molecule has 0 bridgehead atoms. The Labute approximate surface area is 98.7 Å². The Hall–Kier alpha value is 0.317. The average Bonchev–Trinajstić information content (AvgIpc) is 1.75. The maximum absolute atomic E-state index is 9.20. The molecule has 0 aliphatic heterocycles. The fourth-order valence-electron chi connectivity index (χ4n) is 1.99. The SMILES string of the molecule is C[Si](C)(C)[O][Ge]([CH3])([CH3])[C](=[N+]=[N-])[Si](C)(C)C. The van der Waals surface area contributed by atoms with E-state index < -0.39 is 30.0 Å². The first kappa shape index (κ1) is 15.3. The molecule has 0 fully saturated rings. The van der Waals surface area contributed by atoms with Gasteiger partial charge >= 0.3 is 98.7 Å². The molecule has 0 atom stereocenters. The van der Waals surface area contributed by atoms with Crippen LogP contribution in [0.15, 0.2) is 0 Å². The Morgan fingerprint density at radius 3 is 1.67 bits per heavy atom. The van der Waals surface area contributed by atoms with Gasteiger partial charge in [0.15, 0.2) is 0 Å². The first-order chi connectivity index (χ1) is 6.40. The van der Waals surface area contributed by atoms with E-state index in [1.165, 1.54) is 0 Å². The summed E-state index contributed by atoms with van der Waals surface area (Å²) in [7, 11) is -3.08. The Kier molecular flexibility index (Phi) is 4.77. The topological polar surface area (TPSA) is 45.6 Å². The van der Waals surface area contributed by atoms with Crippen LogP contribution in [0.3, 0.4) is 0 Å². The van der Waals surface area contributed by atoms with Crippen LogP contribution in [-0.4, -0.2) is 39.0 Å². The predicted octanol–water partition coefficient (Wildman–Crippen LogP) is 3.13. The zero-order valence-corrected chi connectivity index (χ0v) is 15.4. The van der Waals surface area contributed by atoms with Crippen LogP contribution in [-0.2, 0) is 3.45 Å². The number of hydrogen-bond donors (Lipinski definition) is 0. The van der Waals surface area contributed by atoms with Crippen LogP contribution in [0, 0.1) is 0 Å². The van der Waals surface area contributed by atoms with Crippen molar-refractivity contribution in [2.75, 3.05) is 0 Å². The second-order valence-electron chi connectivity index (χ2n) is 6.42. The number of rotatable bonds is 4. The van der Waals surface area contributed by atoms with Crippen molar-refractivity contribution in [3.8, 4) is 0 Å². The molecule has 0 saturated heterocycles. The van der Waals surface area contributed by atoms with Crippen LogP contribution >= 0.6 is 0 Å². The molecule has 0 amide bonds. The standard InChI is InChI=1S/C9H24GeN2OSi2/c1-10(2,13-15(6,7)8)9(12-11)14(3,4)5/h1-8H3. The van der Waals surface area contributed by atoms with Gasteiger partial charge in [-0.3, -0.25) is 0 Å². The van der Waals surface area contributed by atoms with Crippen molar-refractivity contribution >= 4 is 34.2 Å². The molecule has 0 unspecified atom stereocenters. The van der Waals surface area contributed by atoms with Crippen molar-refractivity contribution in [2.45, 2.75) is 50.8 Å². The van der Waals surface area contributed by atoms with Gasteiger partial charge in [0.2, 0.25) is 0 Å². The van der Waals surface area contributed by atoms with E-state index in [0.29, 0.717) is 0 Å². The molecule has 15 heavy (non-hydrogen) atoms. The fraction of sp³-hybridized carbons (Fsp3) is 0.889. The van der Waals surface area contributed by atoms with Gasteiger partial charge in [0, 0.05) is 0 Å². The van der Waals surface area contributed by atoms with Crippen molar-refractivity contribution in [3.05, 3.63) is 5.53 Å². The molecule has 0 aromatic rings. The van der Waals surface area contributed by atoms with Crippen LogP contribution in [0.1, 0.15) is 0 Å². The van der Waals surface area contributed by atoms with Crippen LogP contribution in [0.25, 0.3) is 5.53 Å². The van der Waals surface area contributed by atoms with E-state index >= 15 is 0 Å². The van der Waals surface area contributed by atoms with E-state index in [1.807, 2.05) is 0 Å². The Morgan fingerprint density at radius 2 is 1.47 bits per heavy atom. The normalized spacial score (nSPS) is 13.6. The summed E-state index contributed by atoms with van der Waals surface area (Å²) in [4.78, 5) is 3.57. The molecule has 0 aliphatic rings. The molecule has 0 saturated carbocycles. The summed E-state index contributed by atoms with van der Waals surface area (Å²) in [5, 5.41) is 0. The average molecular weight is 305 g/mol. The van der Waals surface area contributed by atoms with E-state index in [0.717, 1.165) is 4.17 Å². The van der Waals surface area contributed by atoms with Gasteiger partial charge < -0.3 is 0 Å². The van der Waals surface area contributed by atoms with Gasteiger partial charge in [-0.05, 0) is 0 Å². The summed E-state index contributed by atoms with van der Waals surface area (Å²) in [5.41, 5.74) is 9.20. The van der Waals surface area contributed by atoms with Gasteiger partial charge in [-0.2, -0.15) is 0 Å². The zero-order valence-electron chi connectivity index (χ0n) is 11.3. The summed E-state index contributed by atoms with van der Waals surface area (Å²) in [6.45, 7) is 13.2. The molecule has 0 aliphatic carbocycles. The van der Waals surface area contributed by atoms with Gasteiger partial charge in [-0.25, -0.2) is 0 Å². The Morgan fingerprint density at radius 1 is 1.07 bits per heavy atom. The monoisotopic (exact) mass is 306 g/mol. The second kappa shape index (κ2) is 4.67. The fourth-order valence-corrected chi connectivity index (χ4v) is 28.6. The molecule has 0 aromatic carbocycles. The van der Waals surface area contributed by atoms with E-state index in [2.05, 4.69) is 55.6 Å².